The van der Waals surface area contributed by atoms with E-state index in [1.165, 1.54) is 0 Å². The Bertz CT molecular complexity index is 336. The number of nitrogens with one attached hydrogen (secondary N) is 1. The predicted molar refractivity (Wildman–Crippen MR) is 60.8 cm³/mol. The molecule has 74 valence electrons. The zero-order chi connectivity index (χ0) is 9.80. The van der Waals surface area contributed by atoms with E-state index in [0.29, 0.717) is 5.15 Å². The molecular weight excluding hydrogens is 218 g/mol. The lowest BCUT2D eigenvalue weighted by Crippen LogP contribution is -2.18. The molecule has 0 atom stereocenters. The van der Waals surface area contributed by atoms with Gasteiger partial charge in [-0.2, -0.15) is 0 Å². The van der Waals surface area contributed by atoms with Crippen LogP contribution in [-0.4, -0.2) is 22.4 Å². The monoisotopic (exact) mass is 227 g/mol. The molecule has 3 nitrogen and oxygen atoms in total. The zero-order valence-corrected chi connectivity index (χ0v) is 9.11. The van der Waals surface area contributed by atoms with Crippen molar-refractivity contribution in [2.75, 3.05) is 12.3 Å². The van der Waals surface area contributed by atoms with Crippen molar-refractivity contribution in [3.63, 3.8) is 0 Å². The van der Waals surface area contributed by atoms with Crippen LogP contribution in [0.15, 0.2) is 23.3 Å². The highest BCUT2D eigenvalue weighted by Crippen LogP contribution is 2.10. The molecule has 14 heavy (non-hydrogen) atoms. The Morgan fingerprint density at radius 2 is 2.43 bits per heavy atom. The van der Waals surface area contributed by atoms with Crippen molar-refractivity contribution >= 4 is 28.5 Å². The van der Waals surface area contributed by atoms with Crippen LogP contribution in [-0.2, 0) is 6.54 Å². The van der Waals surface area contributed by atoms with Crippen molar-refractivity contribution in [3.05, 3.63) is 29.0 Å². The molecule has 2 heterocycles. The highest BCUT2D eigenvalue weighted by Gasteiger charge is 2.05. The molecule has 0 aliphatic carbocycles. The van der Waals surface area contributed by atoms with Gasteiger partial charge in [0.25, 0.3) is 0 Å². The molecule has 0 amide bonds. The first-order chi connectivity index (χ1) is 6.84. The van der Waals surface area contributed by atoms with Crippen LogP contribution >= 0.6 is 23.4 Å². The molecule has 0 unspecified atom stereocenters. The van der Waals surface area contributed by atoms with Crippen LogP contribution in [0.25, 0.3) is 0 Å². The minimum atomic E-state index is 0.529. The van der Waals surface area contributed by atoms with E-state index >= 15 is 0 Å². The highest BCUT2D eigenvalue weighted by molar-refractivity contribution is 8.14. The first-order valence-corrected chi connectivity index (χ1v) is 5.72. The Morgan fingerprint density at radius 3 is 3.07 bits per heavy atom. The van der Waals surface area contributed by atoms with Crippen molar-refractivity contribution in [3.8, 4) is 0 Å². The third kappa shape index (κ3) is 2.62. The Balaban J connectivity index is 1.88. The third-order valence-electron chi connectivity index (χ3n) is 1.82. The van der Waals surface area contributed by atoms with Crippen LogP contribution in [0.5, 0.6) is 0 Å². The van der Waals surface area contributed by atoms with Gasteiger partial charge in [-0.3, -0.25) is 4.99 Å². The lowest BCUT2D eigenvalue weighted by Gasteiger charge is -2.04. The number of aromatic nitrogens is 1. The molecule has 1 aliphatic rings. The van der Waals surface area contributed by atoms with E-state index in [2.05, 4.69) is 15.3 Å². The second-order valence-electron chi connectivity index (χ2n) is 2.88. The molecule has 1 N–H and O–H groups in total. The van der Waals surface area contributed by atoms with E-state index in [0.717, 1.165) is 29.6 Å². The average Bonchev–Trinajstić information content (AvgIpc) is 2.70. The fourth-order valence-electron chi connectivity index (χ4n) is 1.13. The molecule has 0 saturated carbocycles. The van der Waals surface area contributed by atoms with E-state index in [1.54, 1.807) is 24.0 Å². The Labute approximate surface area is 92.0 Å². The number of rotatable bonds is 2. The van der Waals surface area contributed by atoms with Gasteiger partial charge in [0, 0.05) is 18.5 Å². The van der Waals surface area contributed by atoms with Crippen LogP contribution in [0.2, 0.25) is 5.15 Å². The van der Waals surface area contributed by atoms with Gasteiger partial charge >= 0.3 is 0 Å². The molecule has 1 aliphatic heterocycles. The van der Waals surface area contributed by atoms with Crippen LogP contribution in [0, 0.1) is 0 Å². The lowest BCUT2D eigenvalue weighted by atomic mass is 10.3. The summed E-state index contributed by atoms with van der Waals surface area (Å²) in [6.45, 7) is 1.68. The Hall–Kier alpha value is -0.740. The summed E-state index contributed by atoms with van der Waals surface area (Å²) < 4.78 is 0. The number of pyridine rings is 1. The van der Waals surface area contributed by atoms with Gasteiger partial charge in [0.05, 0.1) is 6.54 Å². The topological polar surface area (TPSA) is 37.3 Å². The largest absolute Gasteiger partial charge is 0.361 e. The molecule has 0 radical (unpaired) electrons. The first kappa shape index (κ1) is 9.80. The van der Waals surface area contributed by atoms with Crippen molar-refractivity contribution < 1.29 is 0 Å². The molecule has 0 bridgehead atoms. The molecule has 1 aromatic rings. The molecule has 5 heteroatoms. The van der Waals surface area contributed by atoms with E-state index in [9.17, 15) is 0 Å². The van der Waals surface area contributed by atoms with Gasteiger partial charge in [-0.1, -0.05) is 29.4 Å². The summed E-state index contributed by atoms with van der Waals surface area (Å²) >= 11 is 7.44. The van der Waals surface area contributed by atoms with Crippen LogP contribution in [0.3, 0.4) is 0 Å². The van der Waals surface area contributed by atoms with Crippen molar-refractivity contribution in [1.82, 2.24) is 10.3 Å². The predicted octanol–water partition coefficient (Wildman–Crippen LogP) is 1.93. The number of hydrogen-bond acceptors (Lipinski definition) is 4. The standard InChI is InChI=1S/C9H10ClN3S/c10-8-2-1-7(5-12-8)6-13-9-11-3-4-14-9/h1-2,5H,3-4,6H2,(H,11,13). The summed E-state index contributed by atoms with van der Waals surface area (Å²) in [5, 5.41) is 4.80. The molecule has 2 rings (SSSR count). The van der Waals surface area contributed by atoms with Crippen molar-refractivity contribution in [2.24, 2.45) is 4.99 Å². The van der Waals surface area contributed by atoms with Gasteiger partial charge in [-0.05, 0) is 11.6 Å². The fourth-order valence-corrected chi connectivity index (χ4v) is 1.98. The summed E-state index contributed by atoms with van der Waals surface area (Å²) in [6, 6.07) is 3.75. The van der Waals surface area contributed by atoms with Gasteiger partial charge < -0.3 is 5.32 Å². The second kappa shape index (κ2) is 4.66. The maximum Gasteiger partial charge on any atom is 0.156 e. The molecule has 0 spiro atoms. The number of thioether (sulfide) groups is 1. The number of halogens is 1. The zero-order valence-electron chi connectivity index (χ0n) is 7.53. The Morgan fingerprint density at radius 1 is 1.50 bits per heavy atom. The van der Waals surface area contributed by atoms with E-state index in [-0.39, 0.29) is 0 Å². The van der Waals surface area contributed by atoms with Crippen LogP contribution in [0.1, 0.15) is 5.56 Å². The first-order valence-electron chi connectivity index (χ1n) is 4.36. The van der Waals surface area contributed by atoms with Gasteiger partial charge in [0.1, 0.15) is 5.15 Å². The number of hydrogen-bond donors (Lipinski definition) is 1. The van der Waals surface area contributed by atoms with Crippen LogP contribution < -0.4 is 5.32 Å². The van der Waals surface area contributed by atoms with Gasteiger partial charge in [-0.15, -0.1) is 0 Å². The van der Waals surface area contributed by atoms with Crippen molar-refractivity contribution in [1.29, 1.82) is 0 Å². The number of nitrogens with zero attached hydrogens (tertiary/aromatic N) is 2. The Kier molecular flexibility index (Phi) is 3.26. The van der Waals surface area contributed by atoms with E-state index < -0.39 is 0 Å². The molecule has 1 aromatic heterocycles. The lowest BCUT2D eigenvalue weighted by molar-refractivity contribution is 0.914. The second-order valence-corrected chi connectivity index (χ2v) is 4.35. The van der Waals surface area contributed by atoms with Gasteiger partial charge in [0.15, 0.2) is 5.17 Å². The minimum absolute atomic E-state index is 0.529. The van der Waals surface area contributed by atoms with E-state index in [4.69, 9.17) is 11.6 Å². The number of aliphatic imine (C=N–C) groups is 1. The summed E-state index contributed by atoms with van der Waals surface area (Å²) in [4.78, 5) is 8.29. The summed E-state index contributed by atoms with van der Waals surface area (Å²) in [6.07, 6.45) is 1.77. The maximum absolute atomic E-state index is 5.68. The van der Waals surface area contributed by atoms with Crippen LogP contribution in [0.4, 0.5) is 0 Å². The van der Waals surface area contributed by atoms with Gasteiger partial charge in [-0.25, -0.2) is 4.98 Å². The summed E-state index contributed by atoms with van der Waals surface area (Å²) in [5.74, 6) is 1.08. The SMILES string of the molecule is Clc1ccc(CNC2=NCCS2)cn1. The minimum Gasteiger partial charge on any atom is -0.361 e. The van der Waals surface area contributed by atoms with Gasteiger partial charge in [0.2, 0.25) is 0 Å². The van der Waals surface area contributed by atoms with Crippen molar-refractivity contribution in [2.45, 2.75) is 6.54 Å². The highest BCUT2D eigenvalue weighted by atomic mass is 35.5. The molecule has 0 aromatic carbocycles. The number of amidine groups is 1. The fraction of sp³-hybridized carbons (Fsp3) is 0.333. The quantitative estimate of drug-likeness (QED) is 0.785. The molecule has 0 saturated heterocycles. The average molecular weight is 228 g/mol. The summed E-state index contributed by atoms with van der Waals surface area (Å²) in [7, 11) is 0. The maximum atomic E-state index is 5.68. The normalized spacial score (nSPS) is 15.4. The third-order valence-corrected chi connectivity index (χ3v) is 2.98. The smallest absolute Gasteiger partial charge is 0.156 e. The van der Waals surface area contributed by atoms with E-state index in [1.807, 2.05) is 6.07 Å². The molecule has 0 fully saturated rings. The summed E-state index contributed by atoms with van der Waals surface area (Å²) in [5.41, 5.74) is 1.12. The molecular formula is C9H10ClN3S.